The van der Waals surface area contributed by atoms with Gasteiger partial charge in [0.1, 0.15) is 5.75 Å². The summed E-state index contributed by atoms with van der Waals surface area (Å²) in [6.07, 6.45) is 2.21. The molecule has 1 heterocycles. The van der Waals surface area contributed by atoms with E-state index >= 15 is 0 Å². The van der Waals surface area contributed by atoms with Crippen LogP contribution < -0.4 is 15.4 Å². The zero-order valence-electron chi connectivity index (χ0n) is 9.76. The van der Waals surface area contributed by atoms with Crippen LogP contribution in [0.5, 0.6) is 5.75 Å². The maximum atomic E-state index is 12.1. The zero-order chi connectivity index (χ0) is 13.0. The predicted octanol–water partition coefficient (Wildman–Crippen LogP) is 3.11. The molecule has 2 rings (SSSR count). The normalized spacial score (nSPS) is 19.9. The first-order chi connectivity index (χ1) is 8.65. The zero-order valence-corrected chi connectivity index (χ0v) is 10.5. The van der Waals surface area contributed by atoms with Crippen molar-refractivity contribution in [2.24, 2.45) is 0 Å². The molecule has 1 fully saturated rings. The third kappa shape index (κ3) is 3.71. The van der Waals surface area contributed by atoms with Crippen LogP contribution in [0.3, 0.4) is 0 Å². The molecule has 1 aromatic rings. The van der Waals surface area contributed by atoms with Gasteiger partial charge in [-0.3, -0.25) is 0 Å². The summed E-state index contributed by atoms with van der Waals surface area (Å²) in [5.41, 5.74) is 0.815. The fraction of sp³-hybridized carbons (Fsp3) is 0.500. The second kappa shape index (κ2) is 6.20. The lowest BCUT2D eigenvalue weighted by molar-refractivity contribution is -0.0497. The largest absolute Gasteiger partial charge is 0.433 e. The number of hydrogen-bond acceptors (Lipinski definition) is 3. The Bertz CT molecular complexity index is 398. The molecule has 1 aliphatic heterocycles. The van der Waals surface area contributed by atoms with E-state index in [0.717, 1.165) is 31.6 Å². The SMILES string of the molecule is FC(F)Oc1ccc(NC2CCCNC2)cc1Cl. The molecular weight excluding hydrogens is 262 g/mol. The molecule has 3 nitrogen and oxygen atoms in total. The average Bonchev–Trinajstić information content (AvgIpc) is 2.33. The van der Waals surface area contributed by atoms with E-state index in [1.54, 1.807) is 12.1 Å². The highest BCUT2D eigenvalue weighted by molar-refractivity contribution is 6.32. The van der Waals surface area contributed by atoms with E-state index in [1.165, 1.54) is 6.07 Å². The summed E-state index contributed by atoms with van der Waals surface area (Å²) in [6, 6.07) is 5.09. The quantitative estimate of drug-likeness (QED) is 0.887. The van der Waals surface area contributed by atoms with Gasteiger partial charge in [0.05, 0.1) is 5.02 Å². The molecule has 18 heavy (non-hydrogen) atoms. The lowest BCUT2D eigenvalue weighted by atomic mass is 10.1. The molecule has 0 radical (unpaired) electrons. The monoisotopic (exact) mass is 276 g/mol. The van der Waals surface area contributed by atoms with E-state index in [0.29, 0.717) is 6.04 Å². The molecule has 1 aliphatic rings. The van der Waals surface area contributed by atoms with Gasteiger partial charge in [-0.2, -0.15) is 8.78 Å². The van der Waals surface area contributed by atoms with E-state index in [9.17, 15) is 8.78 Å². The van der Waals surface area contributed by atoms with Crippen LogP contribution in [-0.2, 0) is 0 Å². The van der Waals surface area contributed by atoms with Gasteiger partial charge in [-0.15, -0.1) is 0 Å². The molecule has 0 bridgehead atoms. The van der Waals surface area contributed by atoms with Gasteiger partial charge in [0.2, 0.25) is 0 Å². The van der Waals surface area contributed by atoms with Crippen LogP contribution in [-0.4, -0.2) is 25.7 Å². The lowest BCUT2D eigenvalue weighted by Crippen LogP contribution is -2.38. The molecule has 6 heteroatoms. The summed E-state index contributed by atoms with van der Waals surface area (Å²) in [7, 11) is 0. The fourth-order valence-electron chi connectivity index (χ4n) is 1.99. The Balaban J connectivity index is 1.99. The minimum Gasteiger partial charge on any atom is -0.433 e. The molecule has 1 saturated heterocycles. The molecule has 1 aromatic carbocycles. The third-order valence-corrected chi connectivity index (χ3v) is 3.11. The Morgan fingerprint density at radius 1 is 1.44 bits per heavy atom. The van der Waals surface area contributed by atoms with Crippen molar-refractivity contribution < 1.29 is 13.5 Å². The number of halogens is 3. The number of piperidine rings is 1. The Kier molecular flexibility index (Phi) is 4.60. The molecule has 0 spiro atoms. The molecule has 100 valence electrons. The van der Waals surface area contributed by atoms with Gasteiger partial charge in [-0.05, 0) is 37.6 Å². The molecule has 2 N–H and O–H groups in total. The van der Waals surface area contributed by atoms with Crippen molar-refractivity contribution in [1.29, 1.82) is 0 Å². The molecule has 1 atom stereocenters. The maximum absolute atomic E-state index is 12.1. The number of benzene rings is 1. The molecule has 0 aliphatic carbocycles. The summed E-state index contributed by atoms with van der Waals surface area (Å²) >= 11 is 5.88. The van der Waals surface area contributed by atoms with Gasteiger partial charge >= 0.3 is 6.61 Å². The van der Waals surface area contributed by atoms with E-state index in [-0.39, 0.29) is 10.8 Å². The van der Waals surface area contributed by atoms with E-state index in [4.69, 9.17) is 11.6 Å². The van der Waals surface area contributed by atoms with Gasteiger partial charge in [0.25, 0.3) is 0 Å². The Morgan fingerprint density at radius 3 is 2.89 bits per heavy atom. The smallest absolute Gasteiger partial charge is 0.387 e. The summed E-state index contributed by atoms with van der Waals surface area (Å²) in [5, 5.41) is 6.78. The van der Waals surface area contributed by atoms with Crippen molar-refractivity contribution in [3.8, 4) is 5.75 Å². The highest BCUT2D eigenvalue weighted by Gasteiger charge is 2.14. The van der Waals surface area contributed by atoms with Gasteiger partial charge in [0, 0.05) is 18.3 Å². The molecular formula is C12H15ClF2N2O. The number of ether oxygens (including phenoxy) is 1. The molecule has 0 aromatic heterocycles. The second-order valence-corrected chi connectivity index (χ2v) is 4.62. The number of hydrogen-bond donors (Lipinski definition) is 2. The number of rotatable bonds is 4. The van der Waals surface area contributed by atoms with Crippen molar-refractivity contribution in [2.75, 3.05) is 18.4 Å². The maximum Gasteiger partial charge on any atom is 0.387 e. The minimum absolute atomic E-state index is 0.000939. The van der Waals surface area contributed by atoms with Gasteiger partial charge in [0.15, 0.2) is 0 Å². The van der Waals surface area contributed by atoms with Crippen LogP contribution in [0, 0.1) is 0 Å². The number of alkyl halides is 2. The highest BCUT2D eigenvalue weighted by Crippen LogP contribution is 2.29. The van der Waals surface area contributed by atoms with Crippen molar-refractivity contribution in [1.82, 2.24) is 5.32 Å². The van der Waals surface area contributed by atoms with Gasteiger partial charge in [-0.25, -0.2) is 0 Å². The average molecular weight is 277 g/mol. The Labute approximate surface area is 109 Å². The first-order valence-corrected chi connectivity index (χ1v) is 6.24. The summed E-state index contributed by atoms with van der Waals surface area (Å²) in [5.74, 6) is -0.000939. The Hall–Kier alpha value is -1.07. The first kappa shape index (κ1) is 13.4. The second-order valence-electron chi connectivity index (χ2n) is 4.21. The lowest BCUT2D eigenvalue weighted by Gasteiger charge is -2.25. The third-order valence-electron chi connectivity index (χ3n) is 2.82. The van der Waals surface area contributed by atoms with Crippen molar-refractivity contribution in [3.63, 3.8) is 0 Å². The Morgan fingerprint density at radius 2 is 2.28 bits per heavy atom. The first-order valence-electron chi connectivity index (χ1n) is 5.87. The topological polar surface area (TPSA) is 33.3 Å². The number of anilines is 1. The fourth-order valence-corrected chi connectivity index (χ4v) is 2.22. The van der Waals surface area contributed by atoms with E-state index in [1.807, 2.05) is 0 Å². The summed E-state index contributed by atoms with van der Waals surface area (Å²) in [6.45, 7) is -0.920. The molecule has 0 amide bonds. The minimum atomic E-state index is -2.86. The van der Waals surface area contributed by atoms with Crippen LogP contribution in [0.25, 0.3) is 0 Å². The standard InChI is InChI=1S/C12H15ClF2N2O/c13-10-6-8(3-4-11(10)18-12(14)15)17-9-2-1-5-16-7-9/h3-4,6,9,12,16-17H,1-2,5,7H2. The van der Waals surface area contributed by atoms with Crippen LogP contribution in [0.2, 0.25) is 5.02 Å². The van der Waals surface area contributed by atoms with Crippen LogP contribution >= 0.6 is 11.6 Å². The van der Waals surface area contributed by atoms with Crippen LogP contribution in [0.15, 0.2) is 18.2 Å². The van der Waals surface area contributed by atoms with Gasteiger partial charge < -0.3 is 15.4 Å². The highest BCUT2D eigenvalue weighted by atomic mass is 35.5. The van der Waals surface area contributed by atoms with Crippen molar-refractivity contribution in [3.05, 3.63) is 23.2 Å². The molecule has 0 saturated carbocycles. The van der Waals surface area contributed by atoms with Crippen molar-refractivity contribution in [2.45, 2.75) is 25.5 Å². The summed E-state index contributed by atoms with van der Waals surface area (Å²) < 4.78 is 28.4. The summed E-state index contributed by atoms with van der Waals surface area (Å²) in [4.78, 5) is 0. The van der Waals surface area contributed by atoms with E-state index in [2.05, 4.69) is 15.4 Å². The van der Waals surface area contributed by atoms with Crippen LogP contribution in [0.1, 0.15) is 12.8 Å². The van der Waals surface area contributed by atoms with Gasteiger partial charge in [-0.1, -0.05) is 11.6 Å². The predicted molar refractivity (Wildman–Crippen MR) is 67.6 cm³/mol. The number of nitrogens with one attached hydrogen (secondary N) is 2. The van der Waals surface area contributed by atoms with Crippen LogP contribution in [0.4, 0.5) is 14.5 Å². The molecule has 1 unspecified atom stereocenters. The van der Waals surface area contributed by atoms with Crippen molar-refractivity contribution >= 4 is 17.3 Å². The van der Waals surface area contributed by atoms with E-state index < -0.39 is 6.61 Å².